The highest BCUT2D eigenvalue weighted by atomic mass is 32.2. The lowest BCUT2D eigenvalue weighted by molar-refractivity contribution is 0.0685. The summed E-state index contributed by atoms with van der Waals surface area (Å²) in [6, 6.07) is 2.74. The van der Waals surface area contributed by atoms with Gasteiger partial charge in [0.25, 0.3) is 0 Å². The Labute approximate surface area is 140 Å². The van der Waals surface area contributed by atoms with Crippen molar-refractivity contribution in [1.82, 2.24) is 18.7 Å². The molecule has 1 unspecified atom stereocenters. The van der Waals surface area contributed by atoms with Gasteiger partial charge >= 0.3 is 5.97 Å². The lowest BCUT2D eigenvalue weighted by Gasteiger charge is -2.22. The molecule has 1 saturated heterocycles. The molecule has 2 aromatic rings. The Morgan fingerprint density at radius 1 is 1.46 bits per heavy atom. The predicted octanol–water partition coefficient (Wildman–Crippen LogP) is 1.47. The molecule has 1 fully saturated rings. The van der Waals surface area contributed by atoms with Gasteiger partial charge < -0.3 is 9.67 Å². The van der Waals surface area contributed by atoms with E-state index in [4.69, 9.17) is 0 Å². The molecule has 24 heavy (non-hydrogen) atoms. The number of aryl methyl sites for hydroxylation is 2. The Hall–Kier alpha value is -2.13. The van der Waals surface area contributed by atoms with E-state index in [-0.39, 0.29) is 16.6 Å². The van der Waals surface area contributed by atoms with Gasteiger partial charge in [-0.3, -0.25) is 4.68 Å². The van der Waals surface area contributed by atoms with E-state index in [0.717, 1.165) is 6.42 Å². The first-order chi connectivity index (χ1) is 11.3. The van der Waals surface area contributed by atoms with E-state index < -0.39 is 16.0 Å². The Bertz CT molecular complexity index is 868. The molecule has 3 rings (SSSR count). The Kier molecular flexibility index (Phi) is 4.22. The van der Waals surface area contributed by atoms with E-state index >= 15 is 0 Å². The number of carboxylic acids is 1. The smallest absolute Gasteiger partial charge is 0.352 e. The van der Waals surface area contributed by atoms with Crippen molar-refractivity contribution in [2.45, 2.75) is 37.2 Å². The summed E-state index contributed by atoms with van der Waals surface area (Å²) in [6.45, 7) is 2.57. The maximum Gasteiger partial charge on any atom is 0.352 e. The third-order valence-corrected chi connectivity index (χ3v) is 6.19. The molecule has 3 heterocycles. The summed E-state index contributed by atoms with van der Waals surface area (Å²) in [7, 11) is -1.98. The summed E-state index contributed by atoms with van der Waals surface area (Å²) in [5, 5.41) is 13.6. The molecular formula is C15H20N4O4S. The number of carboxylic acid groups (broad SMARTS) is 1. The standard InChI is InChI=1S/C15H20N4O4S/c1-3-18-10-11(9-14(18)15(20)21)24(22,23)19-7-4-5-13(19)12-6-8-17(2)16-12/h6,8-10,13H,3-5,7H2,1-2H3,(H,20,21). The van der Waals surface area contributed by atoms with Crippen LogP contribution in [0.25, 0.3) is 0 Å². The summed E-state index contributed by atoms with van der Waals surface area (Å²) in [6.07, 6.45) is 4.64. The van der Waals surface area contributed by atoms with Crippen LogP contribution in [0.15, 0.2) is 29.4 Å². The minimum absolute atomic E-state index is 0.0181. The molecule has 9 heteroatoms. The fraction of sp³-hybridized carbons (Fsp3) is 0.467. The van der Waals surface area contributed by atoms with Crippen LogP contribution < -0.4 is 0 Å². The number of sulfonamides is 1. The van der Waals surface area contributed by atoms with Crippen molar-refractivity contribution in [3.63, 3.8) is 0 Å². The molecule has 0 amide bonds. The number of nitrogens with zero attached hydrogens (tertiary/aromatic N) is 4. The Balaban J connectivity index is 1.99. The third kappa shape index (κ3) is 2.73. The fourth-order valence-electron chi connectivity index (χ4n) is 3.13. The second-order valence-corrected chi connectivity index (χ2v) is 7.73. The maximum absolute atomic E-state index is 13.0. The van der Waals surface area contributed by atoms with Crippen LogP contribution in [0, 0.1) is 0 Å². The molecule has 1 aliphatic rings. The molecule has 0 bridgehead atoms. The second kappa shape index (κ2) is 6.06. The average molecular weight is 352 g/mol. The highest BCUT2D eigenvalue weighted by molar-refractivity contribution is 7.89. The predicted molar refractivity (Wildman–Crippen MR) is 86.1 cm³/mol. The van der Waals surface area contributed by atoms with Gasteiger partial charge in [0.1, 0.15) is 10.6 Å². The van der Waals surface area contributed by atoms with Gasteiger partial charge in [-0.05, 0) is 31.9 Å². The topological polar surface area (TPSA) is 97.4 Å². The van der Waals surface area contributed by atoms with Crippen LogP contribution in [-0.2, 0) is 23.6 Å². The van der Waals surface area contributed by atoms with Crippen LogP contribution in [0.3, 0.4) is 0 Å². The van der Waals surface area contributed by atoms with Gasteiger partial charge in [0.2, 0.25) is 10.0 Å². The molecule has 0 radical (unpaired) electrons. The van der Waals surface area contributed by atoms with Crippen molar-refractivity contribution in [2.24, 2.45) is 7.05 Å². The number of hydrogen-bond acceptors (Lipinski definition) is 4. The van der Waals surface area contributed by atoms with Crippen molar-refractivity contribution in [3.05, 3.63) is 35.9 Å². The van der Waals surface area contributed by atoms with Crippen LogP contribution in [0.5, 0.6) is 0 Å². The molecule has 130 valence electrons. The molecule has 8 nitrogen and oxygen atoms in total. The van der Waals surface area contributed by atoms with E-state index in [9.17, 15) is 18.3 Å². The van der Waals surface area contributed by atoms with E-state index in [1.165, 1.54) is 21.1 Å². The molecule has 1 aliphatic heterocycles. The highest BCUT2D eigenvalue weighted by Crippen LogP contribution is 2.36. The molecule has 0 aromatic carbocycles. The molecular weight excluding hydrogens is 332 g/mol. The van der Waals surface area contributed by atoms with E-state index in [1.807, 2.05) is 6.07 Å². The lowest BCUT2D eigenvalue weighted by Crippen LogP contribution is -2.30. The Morgan fingerprint density at radius 2 is 2.21 bits per heavy atom. The van der Waals surface area contributed by atoms with E-state index in [1.54, 1.807) is 24.9 Å². The van der Waals surface area contributed by atoms with Gasteiger partial charge in [0.05, 0.1) is 11.7 Å². The lowest BCUT2D eigenvalue weighted by atomic mass is 10.2. The average Bonchev–Trinajstić information content (AvgIpc) is 3.25. The zero-order valence-corrected chi connectivity index (χ0v) is 14.4. The molecule has 0 spiro atoms. The summed E-state index contributed by atoms with van der Waals surface area (Å²) in [5.41, 5.74) is 0.691. The minimum Gasteiger partial charge on any atom is -0.477 e. The minimum atomic E-state index is -3.77. The van der Waals surface area contributed by atoms with Gasteiger partial charge in [-0.1, -0.05) is 0 Å². The first-order valence-corrected chi connectivity index (χ1v) is 9.23. The summed E-state index contributed by atoms with van der Waals surface area (Å²) < 4.78 is 30.5. The number of aromatic carboxylic acids is 1. The normalized spacial score (nSPS) is 19.0. The maximum atomic E-state index is 13.0. The molecule has 1 N–H and O–H groups in total. The van der Waals surface area contributed by atoms with Crippen molar-refractivity contribution >= 4 is 16.0 Å². The van der Waals surface area contributed by atoms with Gasteiger partial charge in [-0.2, -0.15) is 9.40 Å². The first-order valence-electron chi connectivity index (χ1n) is 7.79. The number of hydrogen-bond donors (Lipinski definition) is 1. The van der Waals surface area contributed by atoms with Crippen molar-refractivity contribution < 1.29 is 18.3 Å². The van der Waals surface area contributed by atoms with Gasteiger partial charge in [-0.15, -0.1) is 0 Å². The summed E-state index contributed by atoms with van der Waals surface area (Å²) in [5.74, 6) is -1.14. The summed E-state index contributed by atoms with van der Waals surface area (Å²) in [4.78, 5) is 11.3. The number of rotatable bonds is 5. The van der Waals surface area contributed by atoms with E-state index in [2.05, 4.69) is 5.10 Å². The van der Waals surface area contributed by atoms with Crippen LogP contribution in [0.2, 0.25) is 0 Å². The molecule has 1 atom stereocenters. The Morgan fingerprint density at radius 3 is 2.75 bits per heavy atom. The van der Waals surface area contributed by atoms with Crippen molar-refractivity contribution in [3.8, 4) is 0 Å². The largest absolute Gasteiger partial charge is 0.477 e. The second-order valence-electron chi connectivity index (χ2n) is 5.84. The zero-order chi connectivity index (χ0) is 17.5. The zero-order valence-electron chi connectivity index (χ0n) is 13.6. The van der Waals surface area contributed by atoms with Crippen LogP contribution >= 0.6 is 0 Å². The summed E-state index contributed by atoms with van der Waals surface area (Å²) >= 11 is 0. The van der Waals surface area contributed by atoms with Crippen molar-refractivity contribution in [2.75, 3.05) is 6.54 Å². The third-order valence-electron chi connectivity index (χ3n) is 4.32. The van der Waals surface area contributed by atoms with Crippen LogP contribution in [-0.4, -0.2) is 44.7 Å². The highest BCUT2D eigenvalue weighted by Gasteiger charge is 2.38. The SMILES string of the molecule is CCn1cc(S(=O)(=O)N2CCCC2c2ccn(C)n2)cc1C(=O)O. The number of aromatic nitrogens is 3. The molecule has 0 aliphatic carbocycles. The van der Waals surface area contributed by atoms with Crippen LogP contribution in [0.4, 0.5) is 0 Å². The van der Waals surface area contributed by atoms with Crippen LogP contribution in [0.1, 0.15) is 42.0 Å². The number of carbonyl (C=O) groups is 1. The van der Waals surface area contributed by atoms with Gasteiger partial charge in [-0.25, -0.2) is 13.2 Å². The molecule has 0 saturated carbocycles. The molecule has 2 aromatic heterocycles. The van der Waals surface area contributed by atoms with E-state index in [0.29, 0.717) is 25.2 Å². The van der Waals surface area contributed by atoms with Gasteiger partial charge in [0.15, 0.2) is 0 Å². The quantitative estimate of drug-likeness (QED) is 0.879. The first kappa shape index (κ1) is 16.7. The fourth-order valence-corrected chi connectivity index (χ4v) is 4.84. The monoisotopic (exact) mass is 352 g/mol. The van der Waals surface area contributed by atoms with Crippen molar-refractivity contribution in [1.29, 1.82) is 0 Å². The van der Waals surface area contributed by atoms with Gasteiger partial charge in [0, 0.05) is 32.5 Å².